The van der Waals surface area contributed by atoms with Crippen LogP contribution >= 0.6 is 22.6 Å². The molecule has 0 atom stereocenters. The number of nitrogens with zero attached hydrogens (tertiary/aromatic N) is 2. The summed E-state index contributed by atoms with van der Waals surface area (Å²) in [7, 11) is 0. The molecule has 1 N–H and O–H groups in total. The van der Waals surface area contributed by atoms with Crippen LogP contribution in [-0.2, 0) is 6.54 Å². The molecule has 0 aliphatic rings. The maximum absolute atomic E-state index is 12.4. The predicted molar refractivity (Wildman–Crippen MR) is 131 cm³/mol. The third-order valence-corrected chi connectivity index (χ3v) is 6.00. The van der Waals surface area contributed by atoms with Crippen molar-refractivity contribution in [3.63, 3.8) is 0 Å². The number of hydrazone groups is 1. The van der Waals surface area contributed by atoms with E-state index in [9.17, 15) is 4.79 Å². The third kappa shape index (κ3) is 4.16. The van der Waals surface area contributed by atoms with Gasteiger partial charge in [-0.1, -0.05) is 48.5 Å². The fourth-order valence-corrected chi connectivity index (χ4v) is 4.00. The van der Waals surface area contributed by atoms with E-state index in [1.807, 2.05) is 37.3 Å². The summed E-state index contributed by atoms with van der Waals surface area (Å²) in [4.78, 5) is 12.4. The van der Waals surface area contributed by atoms with Crippen molar-refractivity contribution in [3.05, 3.63) is 104 Å². The molecular weight excluding hydrogens is 485 g/mol. The average Bonchev–Trinajstić information content (AvgIpc) is 3.01. The maximum atomic E-state index is 12.4. The van der Waals surface area contributed by atoms with E-state index in [2.05, 4.69) is 81.0 Å². The van der Waals surface area contributed by atoms with E-state index in [-0.39, 0.29) is 5.91 Å². The second-order valence-corrected chi connectivity index (χ2v) is 8.49. The number of hydrogen-bond acceptors (Lipinski definition) is 2. The zero-order chi connectivity index (χ0) is 21.1. The van der Waals surface area contributed by atoms with E-state index in [1.165, 1.54) is 9.13 Å². The fraction of sp³-hybridized carbons (Fsp3) is 0.120. The highest BCUT2D eigenvalue weighted by atomic mass is 127. The first-order valence-electron chi connectivity index (χ1n) is 9.76. The van der Waals surface area contributed by atoms with Crippen LogP contribution in [0.4, 0.5) is 0 Å². The normalized spacial score (nSPS) is 11.3. The summed E-state index contributed by atoms with van der Waals surface area (Å²) in [6.45, 7) is 4.80. The lowest BCUT2D eigenvalue weighted by Gasteiger charge is -2.09. The first-order valence-corrected chi connectivity index (χ1v) is 10.8. The monoisotopic (exact) mass is 507 g/mol. The van der Waals surface area contributed by atoms with Crippen LogP contribution in [-0.4, -0.2) is 16.7 Å². The second kappa shape index (κ2) is 8.83. The van der Waals surface area contributed by atoms with Gasteiger partial charge in [0, 0.05) is 37.8 Å². The van der Waals surface area contributed by atoms with E-state index in [4.69, 9.17) is 0 Å². The van der Waals surface area contributed by atoms with Gasteiger partial charge in [-0.25, -0.2) is 5.43 Å². The summed E-state index contributed by atoms with van der Waals surface area (Å²) in [5, 5.41) is 5.38. The van der Waals surface area contributed by atoms with Gasteiger partial charge < -0.3 is 4.57 Å². The number of hydrogen-bond donors (Lipinski definition) is 1. The number of nitrogens with one attached hydrogen (secondary N) is 1. The Labute approximate surface area is 189 Å². The summed E-state index contributed by atoms with van der Waals surface area (Å²) in [6, 6.07) is 24.4. The number of carbonyl (C=O) groups is 1. The van der Waals surface area contributed by atoms with E-state index in [0.29, 0.717) is 5.56 Å². The quantitative estimate of drug-likeness (QED) is 0.211. The standard InChI is InChI=1S/C25H22IN3O/c1-17-7-3-4-8-21(17)25(30)28-27-15-23-18(2)29(24-10-6-5-9-22(23)24)16-19-11-13-20(26)14-12-19/h3-15H,16H2,1-2H3,(H,28,30)/b27-15+. The summed E-state index contributed by atoms with van der Waals surface area (Å²) < 4.78 is 3.52. The van der Waals surface area contributed by atoms with Crippen LogP contribution in [0.1, 0.15) is 32.7 Å². The molecule has 0 bridgehead atoms. The molecule has 3 aromatic carbocycles. The molecule has 4 nitrogen and oxygen atoms in total. The second-order valence-electron chi connectivity index (χ2n) is 7.24. The average molecular weight is 507 g/mol. The predicted octanol–water partition coefficient (Wildman–Crippen LogP) is 5.67. The number of rotatable bonds is 5. The lowest BCUT2D eigenvalue weighted by Crippen LogP contribution is -2.18. The molecule has 0 saturated carbocycles. The third-order valence-electron chi connectivity index (χ3n) is 5.28. The minimum absolute atomic E-state index is 0.204. The molecule has 1 amide bonds. The molecule has 0 aliphatic carbocycles. The minimum atomic E-state index is -0.204. The van der Waals surface area contributed by atoms with E-state index < -0.39 is 0 Å². The van der Waals surface area contributed by atoms with Crippen molar-refractivity contribution in [1.82, 2.24) is 9.99 Å². The summed E-state index contributed by atoms with van der Waals surface area (Å²) >= 11 is 2.32. The number of para-hydroxylation sites is 1. The molecule has 5 heteroatoms. The van der Waals surface area contributed by atoms with Gasteiger partial charge >= 0.3 is 0 Å². The Kier molecular flexibility index (Phi) is 5.99. The molecular formula is C25H22IN3O. The van der Waals surface area contributed by atoms with Gasteiger partial charge in [-0.2, -0.15) is 5.10 Å². The van der Waals surface area contributed by atoms with Crippen LogP contribution in [0, 0.1) is 17.4 Å². The Morgan fingerprint density at radius 3 is 2.47 bits per heavy atom. The Hall–Kier alpha value is -2.93. The summed E-state index contributed by atoms with van der Waals surface area (Å²) in [5.41, 5.74) is 8.75. The maximum Gasteiger partial charge on any atom is 0.271 e. The van der Waals surface area contributed by atoms with Crippen LogP contribution in [0.5, 0.6) is 0 Å². The molecule has 0 radical (unpaired) electrons. The van der Waals surface area contributed by atoms with Crippen LogP contribution in [0.2, 0.25) is 0 Å². The van der Waals surface area contributed by atoms with Crippen molar-refractivity contribution in [2.75, 3.05) is 0 Å². The lowest BCUT2D eigenvalue weighted by molar-refractivity contribution is 0.0954. The van der Waals surface area contributed by atoms with Gasteiger partial charge in [0.25, 0.3) is 5.91 Å². The van der Waals surface area contributed by atoms with Gasteiger partial charge in [-0.15, -0.1) is 0 Å². The molecule has 0 unspecified atom stereocenters. The molecule has 1 aromatic heterocycles. The van der Waals surface area contributed by atoms with Gasteiger partial charge in [0.05, 0.1) is 6.21 Å². The zero-order valence-electron chi connectivity index (χ0n) is 16.9. The molecule has 1 heterocycles. The molecule has 0 saturated heterocycles. The Morgan fingerprint density at radius 1 is 1.00 bits per heavy atom. The molecule has 30 heavy (non-hydrogen) atoms. The number of carbonyl (C=O) groups excluding carboxylic acids is 1. The number of aryl methyl sites for hydroxylation is 1. The number of benzene rings is 3. The zero-order valence-corrected chi connectivity index (χ0v) is 19.1. The number of aromatic nitrogens is 1. The van der Waals surface area contributed by atoms with Crippen molar-refractivity contribution in [3.8, 4) is 0 Å². The SMILES string of the molecule is Cc1ccccc1C(=O)N/N=C/c1c(C)n(Cc2ccc(I)cc2)c2ccccc12. The largest absolute Gasteiger partial charge is 0.340 e. The minimum Gasteiger partial charge on any atom is -0.340 e. The van der Waals surface area contributed by atoms with E-state index >= 15 is 0 Å². The van der Waals surface area contributed by atoms with Gasteiger partial charge in [-0.05, 0) is 71.8 Å². The van der Waals surface area contributed by atoms with Crippen molar-refractivity contribution in [2.24, 2.45) is 5.10 Å². The van der Waals surface area contributed by atoms with Crippen LogP contribution < -0.4 is 5.43 Å². The van der Waals surface area contributed by atoms with E-state index in [1.54, 1.807) is 12.3 Å². The number of halogens is 1. The van der Waals surface area contributed by atoms with Crippen LogP contribution in [0.3, 0.4) is 0 Å². The molecule has 4 rings (SSSR count). The first kappa shape index (κ1) is 20.3. The van der Waals surface area contributed by atoms with E-state index in [0.717, 1.165) is 34.3 Å². The van der Waals surface area contributed by atoms with Crippen molar-refractivity contribution in [1.29, 1.82) is 0 Å². The number of fused-ring (bicyclic) bond motifs is 1. The van der Waals surface area contributed by atoms with Gasteiger partial charge in [-0.3, -0.25) is 4.79 Å². The number of amides is 1. The highest BCUT2D eigenvalue weighted by Crippen LogP contribution is 2.25. The molecule has 0 spiro atoms. The van der Waals surface area contributed by atoms with Gasteiger partial charge in [0.2, 0.25) is 0 Å². The van der Waals surface area contributed by atoms with Crippen molar-refractivity contribution >= 4 is 45.6 Å². The highest BCUT2D eigenvalue weighted by Gasteiger charge is 2.13. The Morgan fingerprint density at radius 2 is 1.70 bits per heavy atom. The summed E-state index contributed by atoms with van der Waals surface area (Å²) in [6.07, 6.45) is 1.75. The van der Waals surface area contributed by atoms with Gasteiger partial charge in [0.15, 0.2) is 0 Å². The fourth-order valence-electron chi connectivity index (χ4n) is 3.64. The molecule has 150 valence electrons. The van der Waals surface area contributed by atoms with Crippen molar-refractivity contribution < 1.29 is 4.79 Å². The Bertz CT molecular complexity index is 1240. The lowest BCUT2D eigenvalue weighted by atomic mass is 10.1. The van der Waals surface area contributed by atoms with Crippen LogP contribution in [0.25, 0.3) is 10.9 Å². The molecule has 4 aromatic rings. The highest BCUT2D eigenvalue weighted by molar-refractivity contribution is 14.1. The summed E-state index contributed by atoms with van der Waals surface area (Å²) in [5.74, 6) is -0.204. The van der Waals surface area contributed by atoms with Crippen LogP contribution in [0.15, 0.2) is 77.9 Å². The topological polar surface area (TPSA) is 46.4 Å². The van der Waals surface area contributed by atoms with Gasteiger partial charge in [0.1, 0.15) is 0 Å². The smallest absolute Gasteiger partial charge is 0.271 e. The Balaban J connectivity index is 1.63. The van der Waals surface area contributed by atoms with Crippen molar-refractivity contribution in [2.45, 2.75) is 20.4 Å². The first-order chi connectivity index (χ1) is 14.5. The molecule has 0 fully saturated rings. The molecule has 0 aliphatic heterocycles.